The normalized spacial score (nSPS) is 13.9. The molecule has 3 aromatic rings. The number of aromatic nitrogens is 2. The predicted molar refractivity (Wildman–Crippen MR) is 101 cm³/mol. The number of halogens is 3. The lowest BCUT2D eigenvalue weighted by Crippen LogP contribution is -2.17. The number of hydrogen-bond acceptors (Lipinski definition) is 4. The van der Waals surface area contributed by atoms with Gasteiger partial charge in [0.1, 0.15) is 11.5 Å². The minimum absolute atomic E-state index is 0.0149. The second-order valence-electron chi connectivity index (χ2n) is 6.67. The largest absolute Gasteiger partial charge is 0.418 e. The number of H-pyrrole nitrogens is 1. The number of fused-ring (bicyclic) bond motifs is 2. The number of rotatable bonds is 4. The van der Waals surface area contributed by atoms with Crippen molar-refractivity contribution in [2.45, 2.75) is 19.6 Å². The van der Waals surface area contributed by atoms with Gasteiger partial charge in [0.25, 0.3) is 5.91 Å². The van der Waals surface area contributed by atoms with Gasteiger partial charge >= 0.3 is 6.18 Å². The zero-order valence-corrected chi connectivity index (χ0v) is 15.2. The highest BCUT2D eigenvalue weighted by atomic mass is 19.4. The summed E-state index contributed by atoms with van der Waals surface area (Å²) in [7, 11) is 1.73. The quantitative estimate of drug-likeness (QED) is 0.621. The van der Waals surface area contributed by atoms with Crippen molar-refractivity contribution in [2.24, 2.45) is 0 Å². The molecule has 0 fully saturated rings. The first kappa shape index (κ1) is 18.1. The van der Waals surface area contributed by atoms with Gasteiger partial charge in [-0.1, -0.05) is 0 Å². The molecule has 146 valence electrons. The highest BCUT2D eigenvalue weighted by molar-refractivity contribution is 5.99. The van der Waals surface area contributed by atoms with E-state index in [-0.39, 0.29) is 16.9 Å². The fraction of sp³-hybridized carbons (Fsp3) is 0.263. The molecule has 6 nitrogen and oxygen atoms in total. The first-order valence-electron chi connectivity index (χ1n) is 8.76. The Kier molecular flexibility index (Phi) is 4.17. The standard InChI is InChI=1S/C19H18F3N5O/c1-3-23-14-7-15(26-17-16(14)13(8-24-17)19(20,21)22)25-11-4-5-12-10(6-11)9-27(2)18(12)28/h4-8H,3,9H2,1-2H3,(H3,23,24,25,26). The second kappa shape index (κ2) is 6.43. The highest BCUT2D eigenvalue weighted by Gasteiger charge is 2.35. The number of hydrogen-bond donors (Lipinski definition) is 3. The van der Waals surface area contributed by atoms with Gasteiger partial charge in [0.15, 0.2) is 0 Å². The molecule has 0 bridgehead atoms. The molecule has 3 N–H and O–H groups in total. The van der Waals surface area contributed by atoms with Crippen LogP contribution >= 0.6 is 0 Å². The lowest BCUT2D eigenvalue weighted by Gasteiger charge is -2.13. The van der Waals surface area contributed by atoms with Crippen LogP contribution in [0.15, 0.2) is 30.5 Å². The summed E-state index contributed by atoms with van der Waals surface area (Å²) in [6.07, 6.45) is -3.54. The van der Waals surface area contributed by atoms with Gasteiger partial charge in [0.2, 0.25) is 0 Å². The van der Waals surface area contributed by atoms with Gasteiger partial charge < -0.3 is 20.5 Å². The van der Waals surface area contributed by atoms with Crippen molar-refractivity contribution in [3.05, 3.63) is 47.2 Å². The number of benzene rings is 1. The minimum atomic E-state index is -4.47. The number of carbonyl (C=O) groups excluding carboxylic acids is 1. The third kappa shape index (κ3) is 3.02. The van der Waals surface area contributed by atoms with E-state index >= 15 is 0 Å². The fourth-order valence-corrected chi connectivity index (χ4v) is 3.44. The Labute approximate surface area is 158 Å². The number of nitrogens with zero attached hydrogens (tertiary/aromatic N) is 2. The smallest absolute Gasteiger partial charge is 0.385 e. The highest BCUT2D eigenvalue weighted by Crippen LogP contribution is 2.39. The van der Waals surface area contributed by atoms with Gasteiger partial charge in [-0.15, -0.1) is 0 Å². The average molecular weight is 389 g/mol. The lowest BCUT2D eigenvalue weighted by molar-refractivity contribution is -0.136. The van der Waals surface area contributed by atoms with Crippen molar-refractivity contribution in [1.29, 1.82) is 0 Å². The maximum Gasteiger partial charge on any atom is 0.418 e. The van der Waals surface area contributed by atoms with Crippen LogP contribution in [0.5, 0.6) is 0 Å². The molecule has 0 saturated carbocycles. The van der Waals surface area contributed by atoms with Crippen molar-refractivity contribution in [2.75, 3.05) is 24.2 Å². The van der Waals surface area contributed by atoms with Crippen LogP contribution in [0.2, 0.25) is 0 Å². The molecule has 1 aliphatic heterocycles. The Morgan fingerprint density at radius 2 is 2.07 bits per heavy atom. The number of amides is 1. The molecule has 4 rings (SSSR count). The van der Waals surface area contributed by atoms with Crippen molar-refractivity contribution in [3.8, 4) is 0 Å². The van der Waals surface area contributed by atoms with Crippen LogP contribution in [0.4, 0.5) is 30.4 Å². The Morgan fingerprint density at radius 1 is 1.29 bits per heavy atom. The van der Waals surface area contributed by atoms with Crippen LogP contribution in [-0.2, 0) is 12.7 Å². The Bertz CT molecular complexity index is 1070. The summed E-state index contributed by atoms with van der Waals surface area (Å²) < 4.78 is 39.9. The fourth-order valence-electron chi connectivity index (χ4n) is 3.44. The summed E-state index contributed by atoms with van der Waals surface area (Å²) in [6.45, 7) is 2.80. The van der Waals surface area contributed by atoms with E-state index in [0.29, 0.717) is 35.8 Å². The van der Waals surface area contributed by atoms with E-state index < -0.39 is 11.7 Å². The molecule has 3 heterocycles. The van der Waals surface area contributed by atoms with Gasteiger partial charge in [-0.3, -0.25) is 4.79 Å². The van der Waals surface area contributed by atoms with Gasteiger partial charge in [0, 0.05) is 49.3 Å². The van der Waals surface area contributed by atoms with E-state index in [0.717, 1.165) is 11.8 Å². The van der Waals surface area contributed by atoms with E-state index in [2.05, 4.69) is 20.6 Å². The zero-order chi connectivity index (χ0) is 20.1. The Morgan fingerprint density at radius 3 is 2.79 bits per heavy atom. The second-order valence-corrected chi connectivity index (χ2v) is 6.67. The molecule has 0 atom stereocenters. The van der Waals surface area contributed by atoms with Crippen LogP contribution in [0.1, 0.15) is 28.4 Å². The van der Waals surface area contributed by atoms with E-state index in [4.69, 9.17) is 0 Å². The van der Waals surface area contributed by atoms with Crippen molar-refractivity contribution in [1.82, 2.24) is 14.9 Å². The molecular formula is C19H18F3N5O. The maximum atomic E-state index is 13.3. The number of nitrogens with one attached hydrogen (secondary N) is 3. The SMILES string of the molecule is CCNc1cc(Nc2ccc3c(c2)CN(C)C3=O)nc2[nH]cc(C(F)(F)F)c12. The molecule has 0 radical (unpaired) electrons. The molecule has 2 aromatic heterocycles. The van der Waals surface area contributed by atoms with Gasteiger partial charge in [0.05, 0.1) is 10.9 Å². The van der Waals surface area contributed by atoms with Gasteiger partial charge in [-0.2, -0.15) is 13.2 Å². The molecule has 0 unspecified atom stereocenters. The van der Waals surface area contributed by atoms with Crippen molar-refractivity contribution >= 4 is 34.1 Å². The molecular weight excluding hydrogens is 371 g/mol. The van der Waals surface area contributed by atoms with Crippen LogP contribution in [-0.4, -0.2) is 34.4 Å². The molecule has 1 aromatic carbocycles. The summed E-state index contributed by atoms with van der Waals surface area (Å²) in [4.78, 5) is 20.5. The number of alkyl halides is 3. The molecule has 0 saturated heterocycles. The topological polar surface area (TPSA) is 73.0 Å². The summed E-state index contributed by atoms with van der Waals surface area (Å²) in [5, 5.41) is 6.11. The molecule has 1 amide bonds. The van der Waals surface area contributed by atoms with Crippen LogP contribution in [0, 0.1) is 0 Å². The van der Waals surface area contributed by atoms with Crippen LogP contribution in [0.25, 0.3) is 11.0 Å². The first-order chi connectivity index (χ1) is 13.3. The molecule has 9 heteroatoms. The maximum absolute atomic E-state index is 13.3. The molecule has 0 aliphatic carbocycles. The summed E-state index contributed by atoms with van der Waals surface area (Å²) in [6, 6.07) is 6.90. The van der Waals surface area contributed by atoms with Gasteiger partial charge in [-0.25, -0.2) is 4.98 Å². The van der Waals surface area contributed by atoms with Crippen LogP contribution in [0.3, 0.4) is 0 Å². The van der Waals surface area contributed by atoms with Crippen LogP contribution < -0.4 is 10.6 Å². The minimum Gasteiger partial charge on any atom is -0.385 e. The summed E-state index contributed by atoms with van der Waals surface area (Å²) in [5.41, 5.74) is 1.99. The Balaban J connectivity index is 1.72. The summed E-state index contributed by atoms with van der Waals surface area (Å²) in [5.74, 6) is 0.373. The summed E-state index contributed by atoms with van der Waals surface area (Å²) >= 11 is 0. The van der Waals surface area contributed by atoms with E-state index in [1.54, 1.807) is 30.1 Å². The van der Waals surface area contributed by atoms with E-state index in [9.17, 15) is 18.0 Å². The van der Waals surface area contributed by atoms with Crippen molar-refractivity contribution < 1.29 is 18.0 Å². The molecule has 0 spiro atoms. The van der Waals surface area contributed by atoms with E-state index in [1.165, 1.54) is 0 Å². The van der Waals surface area contributed by atoms with E-state index in [1.807, 2.05) is 13.0 Å². The van der Waals surface area contributed by atoms with Crippen molar-refractivity contribution in [3.63, 3.8) is 0 Å². The third-order valence-electron chi connectivity index (χ3n) is 4.68. The average Bonchev–Trinajstić information content (AvgIpc) is 3.17. The number of aromatic amines is 1. The first-order valence-corrected chi connectivity index (χ1v) is 8.76. The molecule has 28 heavy (non-hydrogen) atoms. The lowest BCUT2D eigenvalue weighted by atomic mass is 10.1. The van der Waals surface area contributed by atoms with Gasteiger partial charge in [-0.05, 0) is 30.7 Å². The third-order valence-corrected chi connectivity index (χ3v) is 4.68. The number of carbonyl (C=O) groups is 1. The zero-order valence-electron chi connectivity index (χ0n) is 15.2. The Hall–Kier alpha value is -3.23. The predicted octanol–water partition coefficient (Wildman–Crippen LogP) is 4.34. The number of anilines is 3. The monoisotopic (exact) mass is 389 g/mol. The number of pyridine rings is 1. The molecule has 1 aliphatic rings.